The van der Waals surface area contributed by atoms with Crippen LogP contribution in [0.3, 0.4) is 0 Å². The highest BCUT2D eigenvalue weighted by molar-refractivity contribution is 5.82. The van der Waals surface area contributed by atoms with Crippen LogP contribution in [0.2, 0.25) is 0 Å². The lowest BCUT2D eigenvalue weighted by molar-refractivity contribution is -0.155. The van der Waals surface area contributed by atoms with Crippen LogP contribution in [0, 0.1) is 0 Å². The fourth-order valence-corrected chi connectivity index (χ4v) is 5.84. The Hall–Kier alpha value is -4.38. The standard InChI is InChI=1S/C35H46N4O7/c1-5-20-44-32(41)30(38-34(43)45-23-29-27-14-8-6-12-25(27)26-13-7-9-15-28(26)29)16-10-11-18-36-33(42)37-24-17-19-39(21-24)22-31(40)46-35(2,3)4/h5-9,12-15,24,29-30H,1,10-11,16-23H2,2-4H3,(H,38,43)(H2,36,37,42)/t24-,30-/m1/s1. The number of alkyl carbamates (subject to hydrolysis) is 1. The maximum absolute atomic E-state index is 12.8. The van der Waals surface area contributed by atoms with Gasteiger partial charge < -0.3 is 30.2 Å². The molecule has 1 heterocycles. The minimum Gasteiger partial charge on any atom is -0.460 e. The van der Waals surface area contributed by atoms with Crippen LogP contribution >= 0.6 is 0 Å². The van der Waals surface area contributed by atoms with Gasteiger partial charge in [-0.15, -0.1) is 0 Å². The van der Waals surface area contributed by atoms with Crippen molar-refractivity contribution in [2.75, 3.05) is 39.4 Å². The second-order valence-electron chi connectivity index (χ2n) is 12.6. The van der Waals surface area contributed by atoms with Crippen molar-refractivity contribution in [3.05, 3.63) is 72.3 Å². The smallest absolute Gasteiger partial charge is 0.407 e. The van der Waals surface area contributed by atoms with Crippen LogP contribution in [0.15, 0.2) is 61.2 Å². The van der Waals surface area contributed by atoms with Gasteiger partial charge in [-0.1, -0.05) is 61.2 Å². The van der Waals surface area contributed by atoms with Crippen LogP contribution in [0.25, 0.3) is 11.1 Å². The largest absolute Gasteiger partial charge is 0.460 e. The molecule has 2 aromatic carbocycles. The Bertz CT molecular complexity index is 1340. The number of likely N-dealkylation sites (tertiary alicyclic amines) is 1. The third-order valence-corrected chi connectivity index (χ3v) is 7.85. The van der Waals surface area contributed by atoms with Gasteiger partial charge in [-0.3, -0.25) is 9.69 Å². The third kappa shape index (κ3) is 10.1. The highest BCUT2D eigenvalue weighted by Gasteiger charge is 2.30. The molecular formula is C35H46N4O7. The van der Waals surface area contributed by atoms with E-state index in [-0.39, 0.29) is 43.7 Å². The van der Waals surface area contributed by atoms with Crippen molar-refractivity contribution in [2.24, 2.45) is 0 Å². The van der Waals surface area contributed by atoms with Gasteiger partial charge >= 0.3 is 24.1 Å². The quantitative estimate of drug-likeness (QED) is 0.120. The van der Waals surface area contributed by atoms with Gasteiger partial charge in [0.2, 0.25) is 0 Å². The molecule has 11 heteroatoms. The Kier molecular flexibility index (Phi) is 12.2. The monoisotopic (exact) mass is 634 g/mol. The maximum Gasteiger partial charge on any atom is 0.407 e. The molecule has 0 bridgehead atoms. The van der Waals surface area contributed by atoms with E-state index in [0.29, 0.717) is 38.9 Å². The first-order valence-electron chi connectivity index (χ1n) is 15.9. The molecule has 3 N–H and O–H groups in total. The molecule has 1 aliphatic carbocycles. The Morgan fingerprint density at radius 1 is 1.00 bits per heavy atom. The average molecular weight is 635 g/mol. The van der Waals surface area contributed by atoms with Gasteiger partial charge in [0.05, 0.1) is 6.54 Å². The summed E-state index contributed by atoms with van der Waals surface area (Å²) in [6, 6.07) is 14.9. The van der Waals surface area contributed by atoms with Crippen LogP contribution in [0.1, 0.15) is 63.5 Å². The third-order valence-electron chi connectivity index (χ3n) is 7.85. The first-order chi connectivity index (χ1) is 22.0. The number of urea groups is 1. The molecule has 46 heavy (non-hydrogen) atoms. The van der Waals surface area contributed by atoms with Crippen molar-refractivity contribution in [1.29, 1.82) is 0 Å². The van der Waals surface area contributed by atoms with Gasteiger partial charge in [0.25, 0.3) is 0 Å². The van der Waals surface area contributed by atoms with Crippen LogP contribution < -0.4 is 16.0 Å². The minimum atomic E-state index is -0.904. The van der Waals surface area contributed by atoms with Gasteiger partial charge in [-0.2, -0.15) is 0 Å². The number of amides is 3. The number of fused-ring (bicyclic) bond motifs is 3. The molecule has 2 aliphatic rings. The molecule has 0 aromatic heterocycles. The Morgan fingerprint density at radius 2 is 1.67 bits per heavy atom. The molecule has 1 fully saturated rings. The van der Waals surface area contributed by atoms with Gasteiger partial charge in [-0.25, -0.2) is 14.4 Å². The fraction of sp³-hybridized carbons (Fsp3) is 0.486. The molecule has 0 saturated carbocycles. The lowest BCUT2D eigenvalue weighted by Crippen LogP contribution is -2.44. The van der Waals surface area contributed by atoms with E-state index in [0.717, 1.165) is 28.7 Å². The summed E-state index contributed by atoms with van der Waals surface area (Å²) in [7, 11) is 0. The summed E-state index contributed by atoms with van der Waals surface area (Å²) >= 11 is 0. The fourth-order valence-electron chi connectivity index (χ4n) is 5.84. The lowest BCUT2D eigenvalue weighted by atomic mass is 9.98. The number of nitrogens with one attached hydrogen (secondary N) is 3. The molecule has 1 saturated heterocycles. The number of carbonyl (C=O) groups is 4. The van der Waals surface area contributed by atoms with Gasteiger partial charge in [-0.05, 0) is 68.7 Å². The second kappa shape index (κ2) is 16.3. The number of rotatable bonds is 14. The molecule has 248 valence electrons. The molecule has 0 unspecified atom stereocenters. The summed E-state index contributed by atoms with van der Waals surface area (Å²) in [5, 5.41) is 8.45. The van der Waals surface area contributed by atoms with E-state index in [2.05, 4.69) is 34.7 Å². The predicted molar refractivity (Wildman–Crippen MR) is 174 cm³/mol. The number of hydrogen-bond donors (Lipinski definition) is 3. The number of esters is 2. The number of hydrogen-bond acceptors (Lipinski definition) is 8. The number of benzene rings is 2. The Balaban J connectivity index is 1.18. The van der Waals surface area contributed by atoms with E-state index < -0.39 is 23.7 Å². The summed E-state index contributed by atoms with van der Waals surface area (Å²) in [4.78, 5) is 52.0. The van der Waals surface area contributed by atoms with E-state index in [4.69, 9.17) is 14.2 Å². The van der Waals surface area contributed by atoms with Crippen molar-refractivity contribution in [3.63, 3.8) is 0 Å². The van der Waals surface area contributed by atoms with Crippen LogP contribution in [0.5, 0.6) is 0 Å². The first kappa shape index (κ1) is 34.5. The van der Waals surface area contributed by atoms with E-state index >= 15 is 0 Å². The van der Waals surface area contributed by atoms with Crippen molar-refractivity contribution in [2.45, 2.75) is 70.1 Å². The predicted octanol–water partition coefficient (Wildman–Crippen LogP) is 4.51. The number of unbranched alkanes of at least 4 members (excludes halogenated alkanes) is 1. The summed E-state index contributed by atoms with van der Waals surface area (Å²) in [5.74, 6) is -0.951. The molecule has 2 atom stereocenters. The van der Waals surface area contributed by atoms with E-state index in [1.54, 1.807) is 0 Å². The molecule has 4 rings (SSSR count). The SMILES string of the molecule is C=CCOC(=O)[C@@H](CCCCNC(=O)N[C@@H]1CCN(CC(=O)OC(C)(C)C)C1)NC(=O)OCC1c2ccccc2-c2ccccc21. The molecule has 1 aliphatic heterocycles. The zero-order chi connectivity index (χ0) is 33.1. The summed E-state index contributed by atoms with van der Waals surface area (Å²) in [6.45, 7) is 11.1. The van der Waals surface area contributed by atoms with E-state index in [1.807, 2.05) is 62.1 Å². The molecule has 11 nitrogen and oxygen atoms in total. The van der Waals surface area contributed by atoms with E-state index in [1.165, 1.54) is 6.08 Å². The normalized spacial score (nSPS) is 16.5. The lowest BCUT2D eigenvalue weighted by Gasteiger charge is -2.22. The zero-order valence-electron chi connectivity index (χ0n) is 27.0. The first-order valence-corrected chi connectivity index (χ1v) is 15.9. The van der Waals surface area contributed by atoms with Crippen molar-refractivity contribution < 1.29 is 33.4 Å². The zero-order valence-corrected chi connectivity index (χ0v) is 27.0. The van der Waals surface area contributed by atoms with Crippen molar-refractivity contribution >= 4 is 24.1 Å². The minimum absolute atomic E-state index is 0.0276. The molecule has 0 radical (unpaired) electrons. The highest BCUT2D eigenvalue weighted by Crippen LogP contribution is 2.44. The van der Waals surface area contributed by atoms with Crippen LogP contribution in [-0.2, 0) is 23.8 Å². The van der Waals surface area contributed by atoms with Gasteiger partial charge in [0.1, 0.15) is 24.9 Å². The van der Waals surface area contributed by atoms with E-state index in [9.17, 15) is 19.2 Å². The van der Waals surface area contributed by atoms with Crippen LogP contribution in [-0.4, -0.2) is 86.0 Å². The number of nitrogens with zero attached hydrogens (tertiary/aromatic N) is 1. The summed E-state index contributed by atoms with van der Waals surface area (Å²) < 4.78 is 16.2. The second-order valence-corrected chi connectivity index (χ2v) is 12.6. The number of ether oxygens (including phenoxy) is 3. The van der Waals surface area contributed by atoms with Crippen LogP contribution in [0.4, 0.5) is 9.59 Å². The molecule has 0 spiro atoms. The Morgan fingerprint density at radius 3 is 2.33 bits per heavy atom. The van der Waals surface area contributed by atoms with Gasteiger partial charge in [0.15, 0.2) is 0 Å². The van der Waals surface area contributed by atoms with Crippen molar-refractivity contribution in [3.8, 4) is 11.1 Å². The summed E-state index contributed by atoms with van der Waals surface area (Å²) in [5.41, 5.74) is 3.92. The summed E-state index contributed by atoms with van der Waals surface area (Å²) in [6.07, 6.45) is 2.95. The molecule has 3 amide bonds. The molecular weight excluding hydrogens is 588 g/mol. The Labute approximate surface area is 271 Å². The highest BCUT2D eigenvalue weighted by atomic mass is 16.6. The molecule has 2 aromatic rings. The topological polar surface area (TPSA) is 135 Å². The van der Waals surface area contributed by atoms with Gasteiger partial charge in [0, 0.05) is 31.6 Å². The number of carbonyl (C=O) groups excluding carboxylic acids is 4. The maximum atomic E-state index is 12.8. The van der Waals surface area contributed by atoms with Crippen molar-refractivity contribution in [1.82, 2.24) is 20.9 Å². The average Bonchev–Trinajstić information content (AvgIpc) is 3.58.